The first-order valence-electron chi connectivity index (χ1n) is 9.34. The van der Waals surface area contributed by atoms with Gasteiger partial charge in [-0.15, -0.1) is 11.3 Å². The van der Waals surface area contributed by atoms with Crippen molar-refractivity contribution in [2.24, 2.45) is 0 Å². The summed E-state index contributed by atoms with van der Waals surface area (Å²) in [6.07, 6.45) is 0. The van der Waals surface area contributed by atoms with Gasteiger partial charge < -0.3 is 20.1 Å². The number of benzene rings is 1. The topological polar surface area (TPSA) is 83.4 Å². The molecule has 0 saturated heterocycles. The Morgan fingerprint density at radius 2 is 1.97 bits per heavy atom. The van der Waals surface area contributed by atoms with Gasteiger partial charge in [0, 0.05) is 22.8 Å². The first kappa shape index (κ1) is 19.2. The number of para-hydroxylation sites is 1. The Hall–Kier alpha value is -3.13. The van der Waals surface area contributed by atoms with Crippen LogP contribution in [0, 0.1) is 0 Å². The van der Waals surface area contributed by atoms with Crippen LogP contribution in [0.2, 0.25) is 0 Å². The number of rotatable bonds is 5. The largest absolute Gasteiger partial charge is 0.350 e. The highest BCUT2D eigenvalue weighted by molar-refractivity contribution is 7.09. The molecule has 1 aliphatic heterocycles. The van der Waals surface area contributed by atoms with Gasteiger partial charge in [0.2, 0.25) is 11.8 Å². The molecule has 8 heteroatoms. The molecular formula is C21H22N4O3S. The minimum Gasteiger partial charge on any atom is -0.350 e. The number of hydrogen-bond donors (Lipinski definition) is 2. The number of thiophene rings is 1. The molecule has 3 amide bonds. The second-order valence-corrected chi connectivity index (χ2v) is 8.38. The molecule has 0 spiro atoms. The van der Waals surface area contributed by atoms with Crippen molar-refractivity contribution in [1.82, 2.24) is 20.1 Å². The molecule has 3 aromatic rings. The second-order valence-electron chi connectivity index (χ2n) is 7.35. The van der Waals surface area contributed by atoms with Crippen LogP contribution in [0.25, 0.3) is 10.9 Å². The van der Waals surface area contributed by atoms with Gasteiger partial charge in [-0.3, -0.25) is 14.4 Å². The highest BCUT2D eigenvalue weighted by atomic mass is 32.1. The zero-order chi connectivity index (χ0) is 20.6. The summed E-state index contributed by atoms with van der Waals surface area (Å²) in [6.45, 7) is 2.34. The summed E-state index contributed by atoms with van der Waals surface area (Å²) >= 11 is 1.56. The lowest BCUT2D eigenvalue weighted by atomic mass is 9.95. The van der Waals surface area contributed by atoms with Crippen LogP contribution >= 0.6 is 11.3 Å². The monoisotopic (exact) mass is 410 g/mol. The molecular weight excluding hydrogens is 388 g/mol. The van der Waals surface area contributed by atoms with Crippen molar-refractivity contribution in [2.45, 2.75) is 25.6 Å². The first-order valence-corrected chi connectivity index (χ1v) is 10.2. The van der Waals surface area contributed by atoms with Crippen LogP contribution in [0.5, 0.6) is 0 Å². The van der Waals surface area contributed by atoms with Crippen LogP contribution < -0.4 is 10.6 Å². The van der Waals surface area contributed by atoms with Gasteiger partial charge >= 0.3 is 0 Å². The number of nitrogens with zero attached hydrogens (tertiary/aromatic N) is 2. The van der Waals surface area contributed by atoms with Crippen LogP contribution in [0.4, 0.5) is 0 Å². The van der Waals surface area contributed by atoms with E-state index in [1.807, 2.05) is 52.4 Å². The average Bonchev–Trinajstić information content (AvgIpc) is 3.37. The lowest BCUT2D eigenvalue weighted by molar-refractivity contribution is -0.134. The molecule has 29 heavy (non-hydrogen) atoms. The molecule has 1 atom stereocenters. The van der Waals surface area contributed by atoms with Crippen molar-refractivity contribution in [3.05, 3.63) is 58.4 Å². The van der Waals surface area contributed by atoms with Gasteiger partial charge in [-0.05, 0) is 30.5 Å². The van der Waals surface area contributed by atoms with Crippen molar-refractivity contribution in [2.75, 3.05) is 13.6 Å². The Labute approximate surface area is 172 Å². The third-order valence-electron chi connectivity index (χ3n) is 5.48. The maximum atomic E-state index is 13.0. The van der Waals surface area contributed by atoms with Crippen molar-refractivity contribution in [1.29, 1.82) is 0 Å². The van der Waals surface area contributed by atoms with Crippen LogP contribution in [0.3, 0.4) is 0 Å². The van der Waals surface area contributed by atoms with E-state index in [-0.39, 0.29) is 24.3 Å². The predicted molar refractivity (Wildman–Crippen MR) is 112 cm³/mol. The third kappa shape index (κ3) is 3.40. The molecule has 1 unspecified atom stereocenters. The van der Waals surface area contributed by atoms with Crippen molar-refractivity contribution in [3.63, 3.8) is 0 Å². The summed E-state index contributed by atoms with van der Waals surface area (Å²) < 4.78 is 1.88. The number of aromatic nitrogens is 1. The van der Waals surface area contributed by atoms with Crippen molar-refractivity contribution < 1.29 is 14.4 Å². The van der Waals surface area contributed by atoms with Gasteiger partial charge in [-0.25, -0.2) is 0 Å². The zero-order valence-corrected chi connectivity index (χ0v) is 17.1. The predicted octanol–water partition coefficient (Wildman–Crippen LogP) is 1.98. The summed E-state index contributed by atoms with van der Waals surface area (Å²) in [5.74, 6) is -0.845. The summed E-state index contributed by atoms with van der Waals surface area (Å²) in [7, 11) is 1.62. The molecule has 0 fully saturated rings. The minimum absolute atomic E-state index is 0.138. The summed E-state index contributed by atoms with van der Waals surface area (Å²) in [6, 6.07) is 13.4. The fourth-order valence-electron chi connectivity index (χ4n) is 3.60. The number of fused-ring (bicyclic) bond motifs is 3. The molecule has 0 bridgehead atoms. The number of amides is 3. The third-order valence-corrected chi connectivity index (χ3v) is 6.36. The van der Waals surface area contributed by atoms with E-state index in [4.69, 9.17) is 0 Å². The van der Waals surface area contributed by atoms with E-state index < -0.39 is 5.54 Å². The molecule has 2 N–H and O–H groups in total. The molecule has 0 radical (unpaired) electrons. The molecule has 7 nitrogen and oxygen atoms in total. The van der Waals surface area contributed by atoms with E-state index in [0.29, 0.717) is 18.8 Å². The van der Waals surface area contributed by atoms with Gasteiger partial charge in [0.15, 0.2) is 0 Å². The lowest BCUT2D eigenvalue weighted by Gasteiger charge is -2.41. The highest BCUT2D eigenvalue weighted by Crippen LogP contribution is 2.31. The maximum absolute atomic E-state index is 13.0. The summed E-state index contributed by atoms with van der Waals surface area (Å²) in [4.78, 5) is 40.5. The fraction of sp³-hybridized carbons (Fsp3) is 0.286. The zero-order valence-electron chi connectivity index (χ0n) is 16.3. The SMILES string of the molecule is CN1C(=O)c2cc3ccccc3n2CC1(C)C(=O)NCC(=O)NCc1cccs1. The number of carbonyl (C=O) groups is 3. The number of hydrogen-bond acceptors (Lipinski definition) is 4. The fourth-order valence-corrected chi connectivity index (χ4v) is 4.25. The van der Waals surface area contributed by atoms with Crippen LogP contribution in [-0.2, 0) is 22.7 Å². The van der Waals surface area contributed by atoms with Crippen molar-refractivity contribution in [3.8, 4) is 0 Å². The van der Waals surface area contributed by atoms with E-state index in [1.165, 1.54) is 4.90 Å². The van der Waals surface area contributed by atoms with E-state index in [1.54, 1.807) is 25.3 Å². The standard InChI is InChI=1S/C21H22N4O3S/c1-21(20(28)23-12-18(26)22-11-15-7-5-9-29-15)13-25-16-8-4-3-6-14(16)10-17(25)19(27)24(21)2/h3-10H,11-13H2,1-2H3,(H,22,26)(H,23,28). The molecule has 1 aromatic carbocycles. The Bertz CT molecular complexity index is 1090. The normalized spacial score (nSPS) is 18.6. The number of likely N-dealkylation sites (N-methyl/N-ethyl adjacent to an activating group) is 1. The first-order chi connectivity index (χ1) is 13.9. The van der Waals surface area contributed by atoms with Gasteiger partial charge in [0.1, 0.15) is 11.2 Å². The summed E-state index contributed by atoms with van der Waals surface area (Å²) in [5, 5.41) is 8.38. The molecule has 3 heterocycles. The minimum atomic E-state index is -1.10. The van der Waals surface area contributed by atoms with Crippen LogP contribution in [-0.4, -0.2) is 46.3 Å². The second kappa shape index (κ2) is 7.36. The van der Waals surface area contributed by atoms with E-state index >= 15 is 0 Å². The number of nitrogens with one attached hydrogen (secondary N) is 2. The van der Waals surface area contributed by atoms with Gasteiger partial charge in [0.05, 0.1) is 19.6 Å². The Morgan fingerprint density at radius 1 is 1.17 bits per heavy atom. The van der Waals surface area contributed by atoms with Gasteiger partial charge in [-0.2, -0.15) is 0 Å². The molecule has 0 aliphatic carbocycles. The molecule has 0 saturated carbocycles. The molecule has 2 aromatic heterocycles. The van der Waals surface area contributed by atoms with E-state index in [0.717, 1.165) is 15.8 Å². The quantitative estimate of drug-likeness (QED) is 0.675. The van der Waals surface area contributed by atoms with Crippen LogP contribution in [0.15, 0.2) is 47.8 Å². The Morgan fingerprint density at radius 3 is 2.72 bits per heavy atom. The molecule has 1 aliphatic rings. The lowest BCUT2D eigenvalue weighted by Crippen LogP contribution is -2.63. The Balaban J connectivity index is 1.47. The van der Waals surface area contributed by atoms with E-state index in [2.05, 4.69) is 10.6 Å². The Kier molecular flexibility index (Phi) is 4.87. The highest BCUT2D eigenvalue weighted by Gasteiger charge is 2.45. The van der Waals surface area contributed by atoms with Crippen molar-refractivity contribution >= 4 is 40.0 Å². The smallest absolute Gasteiger partial charge is 0.271 e. The van der Waals surface area contributed by atoms with Gasteiger partial charge in [-0.1, -0.05) is 24.3 Å². The molecule has 150 valence electrons. The molecule has 4 rings (SSSR count). The maximum Gasteiger partial charge on any atom is 0.271 e. The van der Waals surface area contributed by atoms with E-state index in [9.17, 15) is 14.4 Å². The van der Waals surface area contributed by atoms with Gasteiger partial charge in [0.25, 0.3) is 5.91 Å². The average molecular weight is 410 g/mol. The summed E-state index contributed by atoms with van der Waals surface area (Å²) in [5.41, 5.74) is 0.379. The number of carbonyl (C=O) groups excluding carboxylic acids is 3. The van der Waals surface area contributed by atoms with Crippen LogP contribution in [0.1, 0.15) is 22.3 Å².